The van der Waals surface area contributed by atoms with Gasteiger partial charge in [-0.3, -0.25) is 0 Å². The summed E-state index contributed by atoms with van der Waals surface area (Å²) in [4.78, 5) is -0.273. The van der Waals surface area contributed by atoms with E-state index in [9.17, 15) is 12.8 Å². The molecule has 4 nitrogen and oxygen atoms in total. The van der Waals surface area contributed by atoms with Gasteiger partial charge in [0.2, 0.25) is 10.0 Å². The van der Waals surface area contributed by atoms with Crippen LogP contribution in [0.4, 0.5) is 4.39 Å². The largest absolute Gasteiger partial charge is 0.316 e. The molecule has 1 fully saturated rings. The Morgan fingerprint density at radius 3 is 2.90 bits per heavy atom. The molecule has 1 aromatic rings. The predicted molar refractivity (Wildman–Crippen MR) is 76.5 cm³/mol. The second-order valence-corrected chi connectivity index (χ2v) is 7.07. The van der Waals surface area contributed by atoms with E-state index >= 15 is 0 Å². The summed E-state index contributed by atoms with van der Waals surface area (Å²) in [5.74, 6) is -0.203. The van der Waals surface area contributed by atoms with Crippen LogP contribution >= 0.6 is 0 Å². The van der Waals surface area contributed by atoms with Gasteiger partial charge in [-0.1, -0.05) is 6.07 Å². The number of hydrogen-bond acceptors (Lipinski definition) is 3. The molecule has 6 heteroatoms. The van der Waals surface area contributed by atoms with Gasteiger partial charge in [0.1, 0.15) is 10.7 Å². The van der Waals surface area contributed by atoms with Crippen molar-refractivity contribution in [3.8, 4) is 0 Å². The third-order valence-electron chi connectivity index (χ3n) is 3.62. The number of rotatable bonds is 5. The van der Waals surface area contributed by atoms with Gasteiger partial charge in [0.05, 0.1) is 0 Å². The van der Waals surface area contributed by atoms with E-state index in [-0.39, 0.29) is 4.90 Å². The second kappa shape index (κ2) is 6.65. The van der Waals surface area contributed by atoms with Crippen molar-refractivity contribution in [2.45, 2.75) is 31.1 Å². The Labute approximate surface area is 119 Å². The molecular weight excluding hydrogens is 279 g/mol. The number of aryl methyl sites for hydroxylation is 1. The zero-order valence-corrected chi connectivity index (χ0v) is 12.5. The van der Waals surface area contributed by atoms with Crippen molar-refractivity contribution in [2.75, 3.05) is 19.6 Å². The van der Waals surface area contributed by atoms with Crippen LogP contribution in [-0.4, -0.2) is 28.1 Å². The summed E-state index contributed by atoms with van der Waals surface area (Å²) < 4.78 is 40.3. The maximum absolute atomic E-state index is 13.7. The van der Waals surface area contributed by atoms with Gasteiger partial charge in [-0.25, -0.2) is 17.5 Å². The van der Waals surface area contributed by atoms with Gasteiger partial charge in [0.25, 0.3) is 0 Å². The molecule has 1 heterocycles. The quantitative estimate of drug-likeness (QED) is 0.872. The highest BCUT2D eigenvalue weighted by molar-refractivity contribution is 7.89. The Hall–Kier alpha value is -0.980. The van der Waals surface area contributed by atoms with Gasteiger partial charge in [-0.05, 0) is 62.9 Å². The van der Waals surface area contributed by atoms with Crippen LogP contribution in [0.2, 0.25) is 0 Å². The van der Waals surface area contributed by atoms with Crippen molar-refractivity contribution < 1.29 is 12.8 Å². The zero-order chi connectivity index (χ0) is 14.6. The third kappa shape index (κ3) is 4.01. The first-order chi connectivity index (χ1) is 9.49. The number of nitrogens with one attached hydrogen (secondary N) is 2. The Bertz CT molecular complexity index is 554. The molecular formula is C14H21FN2O2S. The monoisotopic (exact) mass is 300 g/mol. The minimum Gasteiger partial charge on any atom is -0.316 e. The average molecular weight is 300 g/mol. The molecule has 1 atom stereocenters. The summed E-state index contributed by atoms with van der Waals surface area (Å²) in [6.45, 7) is 4.04. The molecule has 0 aromatic heterocycles. The third-order valence-corrected chi connectivity index (χ3v) is 5.11. The van der Waals surface area contributed by atoms with E-state index in [1.165, 1.54) is 12.1 Å². The van der Waals surface area contributed by atoms with Crippen molar-refractivity contribution in [2.24, 2.45) is 5.92 Å². The Morgan fingerprint density at radius 1 is 1.45 bits per heavy atom. The van der Waals surface area contributed by atoms with Crippen LogP contribution in [0.5, 0.6) is 0 Å². The van der Waals surface area contributed by atoms with Gasteiger partial charge in [0, 0.05) is 6.54 Å². The normalized spacial score (nSPS) is 20.0. The molecule has 1 unspecified atom stereocenters. The predicted octanol–water partition coefficient (Wildman–Crippen LogP) is 1.80. The molecule has 112 valence electrons. The molecule has 2 rings (SSSR count). The summed E-state index contributed by atoms with van der Waals surface area (Å²) >= 11 is 0. The van der Waals surface area contributed by atoms with E-state index in [1.807, 2.05) is 0 Å². The first kappa shape index (κ1) is 15.4. The van der Waals surface area contributed by atoms with Crippen molar-refractivity contribution in [3.63, 3.8) is 0 Å². The van der Waals surface area contributed by atoms with E-state index in [0.717, 1.165) is 32.4 Å². The number of hydrogen-bond donors (Lipinski definition) is 2. The number of halogens is 1. The molecule has 0 saturated carbocycles. The fourth-order valence-electron chi connectivity index (χ4n) is 2.47. The fourth-order valence-corrected chi connectivity index (χ4v) is 3.57. The molecule has 1 aliphatic heterocycles. The van der Waals surface area contributed by atoms with Crippen molar-refractivity contribution in [1.82, 2.24) is 10.0 Å². The topological polar surface area (TPSA) is 58.2 Å². The summed E-state index contributed by atoms with van der Waals surface area (Å²) in [6.07, 6.45) is 3.03. The Balaban J connectivity index is 1.93. The summed E-state index contributed by atoms with van der Waals surface area (Å²) in [7, 11) is -3.75. The maximum atomic E-state index is 13.7. The van der Waals surface area contributed by atoms with Crippen LogP contribution in [0.1, 0.15) is 24.8 Å². The highest BCUT2D eigenvalue weighted by atomic mass is 32.2. The van der Waals surface area contributed by atoms with Gasteiger partial charge in [0.15, 0.2) is 0 Å². The van der Waals surface area contributed by atoms with Gasteiger partial charge in [-0.2, -0.15) is 0 Å². The first-order valence-corrected chi connectivity index (χ1v) is 8.44. The Kier molecular flexibility index (Phi) is 5.12. The van der Waals surface area contributed by atoms with Crippen LogP contribution in [0.25, 0.3) is 0 Å². The average Bonchev–Trinajstić information content (AvgIpc) is 2.39. The van der Waals surface area contributed by atoms with Crippen molar-refractivity contribution in [3.05, 3.63) is 29.6 Å². The lowest BCUT2D eigenvalue weighted by atomic mass is 9.96. The van der Waals surface area contributed by atoms with Crippen molar-refractivity contribution >= 4 is 10.0 Å². The van der Waals surface area contributed by atoms with E-state index in [2.05, 4.69) is 10.0 Å². The number of piperidine rings is 1. The Morgan fingerprint density at radius 2 is 2.25 bits per heavy atom. The molecule has 0 amide bonds. The summed E-state index contributed by atoms with van der Waals surface area (Å²) in [5.41, 5.74) is 0.703. The highest BCUT2D eigenvalue weighted by Crippen LogP contribution is 2.17. The SMILES string of the molecule is Cc1ccc(S(=O)(=O)NCCC2CCCNC2)c(F)c1. The molecule has 0 aliphatic carbocycles. The number of sulfonamides is 1. The van der Waals surface area contributed by atoms with Gasteiger partial charge in [-0.15, -0.1) is 0 Å². The van der Waals surface area contributed by atoms with Crippen LogP contribution in [0, 0.1) is 18.7 Å². The van der Waals surface area contributed by atoms with Crippen LogP contribution < -0.4 is 10.0 Å². The van der Waals surface area contributed by atoms with Crippen LogP contribution in [0.15, 0.2) is 23.1 Å². The van der Waals surface area contributed by atoms with Crippen LogP contribution in [0.3, 0.4) is 0 Å². The smallest absolute Gasteiger partial charge is 0.243 e. The van der Waals surface area contributed by atoms with Crippen LogP contribution in [-0.2, 0) is 10.0 Å². The van der Waals surface area contributed by atoms with E-state index in [1.54, 1.807) is 13.0 Å². The first-order valence-electron chi connectivity index (χ1n) is 6.95. The molecule has 2 N–H and O–H groups in total. The maximum Gasteiger partial charge on any atom is 0.243 e. The molecule has 1 aliphatic rings. The minimum atomic E-state index is -3.75. The zero-order valence-electron chi connectivity index (χ0n) is 11.7. The minimum absolute atomic E-state index is 0.273. The molecule has 0 radical (unpaired) electrons. The van der Waals surface area contributed by atoms with E-state index < -0.39 is 15.8 Å². The lowest BCUT2D eigenvalue weighted by Gasteiger charge is -2.22. The van der Waals surface area contributed by atoms with Crippen molar-refractivity contribution in [1.29, 1.82) is 0 Å². The second-order valence-electron chi connectivity index (χ2n) is 5.33. The van der Waals surface area contributed by atoms with Gasteiger partial charge < -0.3 is 5.32 Å². The molecule has 1 aromatic carbocycles. The lowest BCUT2D eigenvalue weighted by molar-refractivity contribution is 0.358. The molecule has 0 bridgehead atoms. The molecule has 20 heavy (non-hydrogen) atoms. The summed E-state index contributed by atoms with van der Waals surface area (Å²) in [5, 5.41) is 3.29. The molecule has 1 saturated heterocycles. The highest BCUT2D eigenvalue weighted by Gasteiger charge is 2.19. The standard InChI is InChI=1S/C14H21FN2O2S/c1-11-4-5-14(13(15)9-11)20(18,19)17-8-6-12-3-2-7-16-10-12/h4-5,9,12,16-17H,2-3,6-8,10H2,1H3. The lowest BCUT2D eigenvalue weighted by Crippen LogP contribution is -2.33. The molecule has 0 spiro atoms. The fraction of sp³-hybridized carbons (Fsp3) is 0.571. The summed E-state index contributed by atoms with van der Waals surface area (Å²) in [6, 6.07) is 4.15. The van der Waals surface area contributed by atoms with E-state index in [4.69, 9.17) is 0 Å². The van der Waals surface area contributed by atoms with Gasteiger partial charge >= 0.3 is 0 Å². The van der Waals surface area contributed by atoms with E-state index in [0.29, 0.717) is 18.0 Å². The number of benzene rings is 1.